The fraction of sp³-hybridized carbons (Fsp3) is 0.0909. The number of hydrogen-bond donors (Lipinski definition) is 1. The summed E-state index contributed by atoms with van der Waals surface area (Å²) in [6, 6.07) is 7.03. The van der Waals surface area contributed by atoms with Crippen molar-refractivity contribution in [2.24, 2.45) is 0 Å². The predicted molar refractivity (Wildman–Crippen MR) is 50.9 cm³/mol. The smallest absolute Gasteiger partial charge is 0.318 e. The third-order valence-corrected chi connectivity index (χ3v) is 2.27. The zero-order chi connectivity index (χ0) is 10.1. The number of allylic oxidation sites excluding steroid dienone is 1. The molecule has 3 heteroatoms. The van der Waals surface area contributed by atoms with Gasteiger partial charge in [0.2, 0.25) is 0 Å². The van der Waals surface area contributed by atoms with Crippen molar-refractivity contribution in [1.29, 1.82) is 0 Å². The molecule has 0 radical (unpaired) electrons. The van der Waals surface area contributed by atoms with Crippen molar-refractivity contribution in [2.45, 2.75) is 5.92 Å². The van der Waals surface area contributed by atoms with Gasteiger partial charge in [-0.15, -0.1) is 0 Å². The van der Waals surface area contributed by atoms with E-state index in [9.17, 15) is 9.59 Å². The molecule has 0 aromatic heterocycles. The van der Waals surface area contributed by atoms with Gasteiger partial charge >= 0.3 is 5.97 Å². The van der Waals surface area contributed by atoms with Gasteiger partial charge in [-0.25, -0.2) is 0 Å². The molecule has 0 spiro atoms. The lowest BCUT2D eigenvalue weighted by molar-refractivity contribution is -0.141. The highest BCUT2D eigenvalue weighted by Gasteiger charge is 2.30. The Balaban J connectivity index is 2.59. The van der Waals surface area contributed by atoms with Gasteiger partial charge in [-0.05, 0) is 17.2 Å². The second kappa shape index (κ2) is 3.10. The van der Waals surface area contributed by atoms with Crippen LogP contribution in [0, 0.1) is 0 Å². The van der Waals surface area contributed by atoms with Crippen LogP contribution >= 0.6 is 0 Å². The van der Waals surface area contributed by atoms with Gasteiger partial charge in [0.05, 0.1) is 0 Å². The van der Waals surface area contributed by atoms with Crippen molar-refractivity contribution in [1.82, 2.24) is 0 Å². The zero-order valence-corrected chi connectivity index (χ0v) is 7.31. The highest BCUT2D eigenvalue weighted by atomic mass is 16.4. The lowest BCUT2D eigenvalue weighted by Gasteiger charge is -2.16. The van der Waals surface area contributed by atoms with E-state index in [2.05, 4.69) is 0 Å². The van der Waals surface area contributed by atoms with E-state index in [0.717, 1.165) is 5.56 Å². The minimum absolute atomic E-state index is 0.365. The number of hydrogen-bond acceptors (Lipinski definition) is 2. The summed E-state index contributed by atoms with van der Waals surface area (Å²) in [5.41, 5.74) is 1.38. The Morgan fingerprint density at radius 1 is 1.21 bits per heavy atom. The molecule has 1 aliphatic carbocycles. The maximum Gasteiger partial charge on any atom is 0.318 e. The number of benzene rings is 1. The quantitative estimate of drug-likeness (QED) is 0.678. The first-order chi connectivity index (χ1) is 6.70. The van der Waals surface area contributed by atoms with Crippen molar-refractivity contribution >= 4 is 17.8 Å². The van der Waals surface area contributed by atoms with Gasteiger partial charge in [0, 0.05) is 0 Å². The molecular formula is C11H8O3. The summed E-state index contributed by atoms with van der Waals surface area (Å²) in [4.78, 5) is 22.2. The standard InChI is InChI=1S/C11H8O3/c12-9-6-5-7-3-1-2-4-8(7)10(9)11(13)14/h1-6,10H,(H,13,14). The fourth-order valence-corrected chi connectivity index (χ4v) is 1.60. The molecule has 1 atom stereocenters. The number of carboxylic acids is 1. The molecule has 3 nitrogen and oxygen atoms in total. The van der Waals surface area contributed by atoms with Crippen molar-refractivity contribution in [3.63, 3.8) is 0 Å². The molecule has 0 fully saturated rings. The summed E-state index contributed by atoms with van der Waals surface area (Å²) < 4.78 is 0. The van der Waals surface area contributed by atoms with Crippen LogP contribution in [0.5, 0.6) is 0 Å². The molecule has 2 rings (SSSR count). The molecule has 70 valence electrons. The van der Waals surface area contributed by atoms with Crippen LogP contribution < -0.4 is 0 Å². The number of rotatable bonds is 1. The summed E-state index contributed by atoms with van der Waals surface area (Å²) in [6.45, 7) is 0. The van der Waals surface area contributed by atoms with Crippen LogP contribution in [0.3, 0.4) is 0 Å². The number of fused-ring (bicyclic) bond motifs is 1. The molecular weight excluding hydrogens is 180 g/mol. The Labute approximate surface area is 80.7 Å². The molecule has 0 saturated heterocycles. The van der Waals surface area contributed by atoms with E-state index in [0.29, 0.717) is 5.56 Å². The molecule has 0 bridgehead atoms. The Morgan fingerprint density at radius 2 is 1.93 bits per heavy atom. The third-order valence-electron chi connectivity index (χ3n) is 2.27. The van der Waals surface area contributed by atoms with Gasteiger partial charge < -0.3 is 5.11 Å². The molecule has 1 unspecified atom stereocenters. The maximum atomic E-state index is 11.3. The molecule has 1 aliphatic rings. The van der Waals surface area contributed by atoms with Crippen molar-refractivity contribution in [3.05, 3.63) is 41.5 Å². The highest BCUT2D eigenvalue weighted by molar-refractivity contribution is 6.13. The molecule has 0 saturated carbocycles. The lowest BCUT2D eigenvalue weighted by Crippen LogP contribution is -2.22. The summed E-state index contributed by atoms with van der Waals surface area (Å²) in [5, 5.41) is 8.90. The Hall–Kier alpha value is -1.90. The molecule has 14 heavy (non-hydrogen) atoms. The van der Waals surface area contributed by atoms with Crippen LogP contribution in [-0.2, 0) is 9.59 Å². The van der Waals surface area contributed by atoms with E-state index in [1.807, 2.05) is 6.07 Å². The molecule has 1 aromatic carbocycles. The van der Waals surface area contributed by atoms with E-state index in [4.69, 9.17) is 5.11 Å². The molecule has 0 heterocycles. The first-order valence-corrected chi connectivity index (χ1v) is 4.24. The average molecular weight is 188 g/mol. The topological polar surface area (TPSA) is 54.4 Å². The minimum atomic E-state index is -1.09. The average Bonchev–Trinajstić information content (AvgIpc) is 2.17. The molecule has 1 N–H and O–H groups in total. The van der Waals surface area contributed by atoms with Gasteiger partial charge in [-0.3, -0.25) is 9.59 Å². The summed E-state index contributed by atoms with van der Waals surface area (Å²) in [7, 11) is 0. The Bertz CT molecular complexity index is 432. The number of ketones is 1. The molecule has 0 aliphatic heterocycles. The minimum Gasteiger partial charge on any atom is -0.480 e. The number of aliphatic carboxylic acids is 1. The summed E-state index contributed by atoms with van der Waals surface area (Å²) in [6.07, 6.45) is 2.97. The Kier molecular flexibility index (Phi) is 1.93. The van der Waals surface area contributed by atoms with Crippen LogP contribution in [-0.4, -0.2) is 16.9 Å². The van der Waals surface area contributed by atoms with Gasteiger partial charge in [0.1, 0.15) is 5.92 Å². The molecule has 1 aromatic rings. The van der Waals surface area contributed by atoms with Crippen molar-refractivity contribution in [3.8, 4) is 0 Å². The van der Waals surface area contributed by atoms with Crippen LogP contribution in [0.4, 0.5) is 0 Å². The van der Waals surface area contributed by atoms with Gasteiger partial charge in [0.15, 0.2) is 5.78 Å². The second-order valence-corrected chi connectivity index (χ2v) is 3.14. The van der Waals surface area contributed by atoms with Crippen molar-refractivity contribution < 1.29 is 14.7 Å². The van der Waals surface area contributed by atoms with Gasteiger partial charge in [-0.1, -0.05) is 30.3 Å². The lowest BCUT2D eigenvalue weighted by atomic mass is 9.86. The Morgan fingerprint density at radius 3 is 2.64 bits per heavy atom. The summed E-state index contributed by atoms with van der Waals surface area (Å²) in [5.74, 6) is -2.49. The zero-order valence-electron chi connectivity index (χ0n) is 7.31. The van der Waals surface area contributed by atoms with Gasteiger partial charge in [0.25, 0.3) is 0 Å². The second-order valence-electron chi connectivity index (χ2n) is 3.14. The first kappa shape index (κ1) is 8.69. The maximum absolute atomic E-state index is 11.3. The normalized spacial score (nSPS) is 19.1. The largest absolute Gasteiger partial charge is 0.480 e. The SMILES string of the molecule is O=C(O)C1C(=O)C=Cc2ccccc21. The fourth-order valence-electron chi connectivity index (χ4n) is 1.60. The van der Waals surface area contributed by atoms with E-state index in [1.54, 1.807) is 24.3 Å². The first-order valence-electron chi connectivity index (χ1n) is 4.24. The predicted octanol–water partition coefficient (Wildman–Crippen LogP) is 1.45. The van der Waals surface area contributed by atoms with E-state index in [-0.39, 0.29) is 5.78 Å². The molecule has 0 amide bonds. The third kappa shape index (κ3) is 1.23. The van der Waals surface area contributed by atoms with E-state index < -0.39 is 11.9 Å². The van der Waals surface area contributed by atoms with E-state index >= 15 is 0 Å². The highest BCUT2D eigenvalue weighted by Crippen LogP contribution is 2.27. The number of carboxylic acid groups (broad SMARTS) is 1. The van der Waals surface area contributed by atoms with Crippen LogP contribution in [0.25, 0.3) is 6.08 Å². The summed E-state index contributed by atoms with van der Waals surface area (Å²) >= 11 is 0. The number of carbonyl (C=O) groups is 2. The van der Waals surface area contributed by atoms with Crippen LogP contribution in [0.2, 0.25) is 0 Å². The van der Waals surface area contributed by atoms with E-state index in [1.165, 1.54) is 6.08 Å². The monoisotopic (exact) mass is 188 g/mol. The van der Waals surface area contributed by atoms with Crippen LogP contribution in [0.15, 0.2) is 30.3 Å². The van der Waals surface area contributed by atoms with Gasteiger partial charge in [-0.2, -0.15) is 0 Å². The van der Waals surface area contributed by atoms with Crippen LogP contribution in [0.1, 0.15) is 17.0 Å². The number of carbonyl (C=O) groups excluding carboxylic acids is 1. The van der Waals surface area contributed by atoms with Crippen molar-refractivity contribution in [2.75, 3.05) is 0 Å².